The Morgan fingerprint density at radius 2 is 1.51 bits per heavy atom. The number of carboxylic acids is 1. The minimum atomic E-state index is -1.54. The molecule has 2 amide bonds. The summed E-state index contributed by atoms with van der Waals surface area (Å²) in [6, 6.07) is 29.4. The van der Waals surface area contributed by atoms with E-state index in [9.17, 15) is 19.5 Å². The quantitative estimate of drug-likeness (QED) is 0.205. The first-order valence-corrected chi connectivity index (χ1v) is 13.7. The van der Waals surface area contributed by atoms with E-state index >= 15 is 0 Å². The van der Waals surface area contributed by atoms with Crippen LogP contribution in [0.3, 0.4) is 0 Å². The van der Waals surface area contributed by atoms with Crippen LogP contribution >= 0.6 is 15.9 Å². The second kappa shape index (κ2) is 14.1. The number of hydrogen-bond acceptors (Lipinski definition) is 5. The van der Waals surface area contributed by atoms with Crippen LogP contribution < -0.4 is 14.8 Å². The lowest BCUT2D eigenvalue weighted by atomic mass is 10.1. The van der Waals surface area contributed by atoms with Gasteiger partial charge in [-0.15, -0.1) is 0 Å². The number of nitrogens with one attached hydrogen (secondary N) is 1. The molecule has 0 saturated carbocycles. The molecule has 0 bridgehead atoms. The molecule has 0 atom stereocenters. The van der Waals surface area contributed by atoms with E-state index in [0.717, 1.165) is 22.6 Å². The summed E-state index contributed by atoms with van der Waals surface area (Å²) in [5.74, 6) is -0.699. The molecule has 0 aliphatic carbocycles. The molecule has 0 radical (unpaired) electrons. The van der Waals surface area contributed by atoms with E-state index in [4.69, 9.17) is 9.47 Å². The summed E-state index contributed by atoms with van der Waals surface area (Å²) in [4.78, 5) is 37.9. The van der Waals surface area contributed by atoms with Crippen molar-refractivity contribution in [3.05, 3.63) is 124 Å². The van der Waals surface area contributed by atoms with E-state index in [-0.39, 0.29) is 19.0 Å². The molecule has 0 spiro atoms. The molecule has 8 nitrogen and oxygen atoms in total. The number of hydrogen-bond donors (Lipinski definition) is 2. The van der Waals surface area contributed by atoms with Gasteiger partial charge in [0.2, 0.25) is 0 Å². The lowest BCUT2D eigenvalue weighted by molar-refractivity contribution is -0.156. The molecule has 0 aliphatic heterocycles. The molecule has 0 unspecified atom stereocenters. The second-order valence-corrected chi connectivity index (χ2v) is 10.0. The minimum Gasteiger partial charge on any atom is -0.497 e. The van der Waals surface area contributed by atoms with Crippen LogP contribution in [0.15, 0.2) is 102 Å². The highest BCUT2D eigenvalue weighted by Gasteiger charge is 2.23. The van der Waals surface area contributed by atoms with E-state index in [0.29, 0.717) is 34.3 Å². The summed E-state index contributed by atoms with van der Waals surface area (Å²) >= 11 is 3.48. The number of halogens is 1. The van der Waals surface area contributed by atoms with Gasteiger partial charge < -0.3 is 24.8 Å². The smallest absolute Gasteiger partial charge is 0.394 e. The number of nitrogens with zero attached hydrogens (tertiary/aromatic N) is 1. The number of carboxylic acid groups (broad SMARTS) is 1. The number of aliphatic carboxylic acids is 1. The van der Waals surface area contributed by atoms with Crippen LogP contribution in [0.5, 0.6) is 17.2 Å². The third-order valence-corrected chi connectivity index (χ3v) is 6.99. The van der Waals surface area contributed by atoms with Gasteiger partial charge >= 0.3 is 11.9 Å². The topological polar surface area (TPSA) is 105 Å². The molecule has 4 aromatic carbocycles. The maximum absolute atomic E-state index is 12.8. The van der Waals surface area contributed by atoms with Crippen molar-refractivity contribution in [1.29, 1.82) is 0 Å². The summed E-state index contributed by atoms with van der Waals surface area (Å²) in [6.07, 6.45) is 0.646. The molecule has 9 heteroatoms. The molecule has 0 aromatic heterocycles. The zero-order valence-corrected chi connectivity index (χ0v) is 24.0. The lowest BCUT2D eigenvalue weighted by Gasteiger charge is -2.22. The van der Waals surface area contributed by atoms with Gasteiger partial charge in [0, 0.05) is 29.7 Å². The highest BCUT2D eigenvalue weighted by molar-refractivity contribution is 9.10. The van der Waals surface area contributed by atoms with Crippen LogP contribution in [0, 0.1) is 0 Å². The Morgan fingerprint density at radius 1 is 0.805 bits per heavy atom. The monoisotopic (exact) mass is 616 g/mol. The van der Waals surface area contributed by atoms with Gasteiger partial charge in [-0.1, -0.05) is 64.5 Å². The molecule has 0 fully saturated rings. The molecule has 0 aliphatic rings. The molecule has 210 valence electrons. The van der Waals surface area contributed by atoms with Crippen LogP contribution in [-0.4, -0.2) is 41.4 Å². The van der Waals surface area contributed by atoms with Gasteiger partial charge in [-0.05, 0) is 71.6 Å². The fourth-order valence-electron chi connectivity index (χ4n) is 4.12. The molecule has 4 rings (SSSR count). The normalized spacial score (nSPS) is 10.5. The lowest BCUT2D eigenvalue weighted by Crippen LogP contribution is -2.35. The fraction of sp³-hybridized carbons (Fsp3) is 0.156. The van der Waals surface area contributed by atoms with Gasteiger partial charge in [0.15, 0.2) is 0 Å². The third-order valence-electron chi connectivity index (χ3n) is 6.26. The molecule has 2 N–H and O–H groups in total. The van der Waals surface area contributed by atoms with E-state index < -0.39 is 11.9 Å². The van der Waals surface area contributed by atoms with Crippen molar-refractivity contribution in [1.82, 2.24) is 10.2 Å². The Morgan fingerprint density at radius 3 is 2.20 bits per heavy atom. The van der Waals surface area contributed by atoms with Crippen molar-refractivity contribution < 1.29 is 29.0 Å². The van der Waals surface area contributed by atoms with Crippen LogP contribution in [0.1, 0.15) is 27.0 Å². The van der Waals surface area contributed by atoms with E-state index in [1.165, 1.54) is 12.0 Å². The Labute approximate surface area is 246 Å². The van der Waals surface area contributed by atoms with Crippen molar-refractivity contribution in [2.24, 2.45) is 0 Å². The standard InChI is InChI=1S/C32H29BrN2O6/c1-40-28-9-5-6-23(18-28)20-35(31(37)32(38)39)21-25-13-12-24(19-29(25)33)30(36)34-17-16-22-10-14-27(15-11-22)41-26-7-3-2-4-8-26/h2-15,18-19H,16-17,20-21H2,1H3,(H,34,36)(H,38,39). The van der Waals surface area contributed by atoms with Gasteiger partial charge in [0.05, 0.1) is 7.11 Å². The summed E-state index contributed by atoms with van der Waals surface area (Å²) < 4.78 is 11.6. The summed E-state index contributed by atoms with van der Waals surface area (Å²) in [6.45, 7) is 0.559. The summed E-state index contributed by atoms with van der Waals surface area (Å²) in [5, 5.41) is 12.3. The summed E-state index contributed by atoms with van der Waals surface area (Å²) in [5.41, 5.74) is 2.89. The Kier molecular flexibility index (Phi) is 10.1. The number of para-hydroxylation sites is 1. The first-order chi connectivity index (χ1) is 19.8. The number of benzene rings is 4. The molecule has 41 heavy (non-hydrogen) atoms. The molecular weight excluding hydrogens is 588 g/mol. The zero-order chi connectivity index (χ0) is 29.2. The molecule has 0 heterocycles. The highest BCUT2D eigenvalue weighted by atomic mass is 79.9. The molecular formula is C32H29BrN2O6. The number of rotatable bonds is 11. The van der Waals surface area contributed by atoms with Gasteiger partial charge in [-0.25, -0.2) is 4.79 Å². The number of amides is 2. The van der Waals surface area contributed by atoms with E-state index in [2.05, 4.69) is 21.2 Å². The number of ether oxygens (including phenoxy) is 2. The SMILES string of the molecule is COc1cccc(CN(Cc2ccc(C(=O)NCCc3ccc(Oc4ccccc4)cc3)cc2Br)C(=O)C(=O)O)c1. The molecule has 0 saturated heterocycles. The van der Waals surface area contributed by atoms with Crippen molar-refractivity contribution in [3.8, 4) is 17.2 Å². The Hall–Kier alpha value is -4.63. The van der Waals surface area contributed by atoms with Crippen molar-refractivity contribution in [2.75, 3.05) is 13.7 Å². The molecule has 4 aromatic rings. The Balaban J connectivity index is 1.33. The maximum Gasteiger partial charge on any atom is 0.394 e. The van der Waals surface area contributed by atoms with E-state index in [1.807, 2.05) is 54.6 Å². The summed E-state index contributed by atoms with van der Waals surface area (Å²) in [7, 11) is 1.54. The van der Waals surface area contributed by atoms with Crippen molar-refractivity contribution in [3.63, 3.8) is 0 Å². The minimum absolute atomic E-state index is 0.0365. The average Bonchev–Trinajstić information content (AvgIpc) is 2.98. The first kappa shape index (κ1) is 29.4. The largest absolute Gasteiger partial charge is 0.497 e. The fourth-order valence-corrected chi connectivity index (χ4v) is 4.62. The van der Waals surface area contributed by atoms with Crippen molar-refractivity contribution in [2.45, 2.75) is 19.5 Å². The third kappa shape index (κ3) is 8.43. The van der Waals surface area contributed by atoms with Crippen molar-refractivity contribution >= 4 is 33.7 Å². The van der Waals surface area contributed by atoms with Crippen LogP contribution in [-0.2, 0) is 29.1 Å². The maximum atomic E-state index is 12.8. The average molecular weight is 617 g/mol. The van der Waals surface area contributed by atoms with Crippen LogP contribution in [0.25, 0.3) is 0 Å². The van der Waals surface area contributed by atoms with Gasteiger partial charge in [-0.3, -0.25) is 9.59 Å². The van der Waals surface area contributed by atoms with Crippen LogP contribution in [0.2, 0.25) is 0 Å². The first-order valence-electron chi connectivity index (χ1n) is 12.9. The van der Waals surface area contributed by atoms with E-state index in [1.54, 1.807) is 42.5 Å². The number of methoxy groups -OCH3 is 1. The highest BCUT2D eigenvalue weighted by Crippen LogP contribution is 2.23. The number of carbonyl (C=O) groups is 3. The predicted octanol–water partition coefficient (Wildman–Crippen LogP) is 5.84. The van der Waals surface area contributed by atoms with Gasteiger partial charge in [0.25, 0.3) is 5.91 Å². The van der Waals surface area contributed by atoms with Crippen LogP contribution in [0.4, 0.5) is 0 Å². The number of carbonyl (C=O) groups excluding carboxylic acids is 2. The Bertz CT molecular complexity index is 1510. The zero-order valence-electron chi connectivity index (χ0n) is 22.4. The second-order valence-electron chi connectivity index (χ2n) is 9.19. The van der Waals surface area contributed by atoms with Gasteiger partial charge in [0.1, 0.15) is 17.2 Å². The van der Waals surface area contributed by atoms with Gasteiger partial charge in [-0.2, -0.15) is 0 Å². The predicted molar refractivity (Wildman–Crippen MR) is 158 cm³/mol.